The zero-order valence-electron chi connectivity index (χ0n) is 12.9. The van der Waals surface area contributed by atoms with Crippen molar-refractivity contribution in [2.45, 2.75) is 32.6 Å². The van der Waals surface area contributed by atoms with Crippen LogP contribution < -0.4 is 5.32 Å². The minimum Gasteiger partial charge on any atom is -0.354 e. The molecule has 0 unspecified atom stereocenters. The monoisotopic (exact) mass is 288 g/mol. The highest BCUT2D eigenvalue weighted by molar-refractivity contribution is 5.83. The Kier molecular flexibility index (Phi) is 4.99. The van der Waals surface area contributed by atoms with Gasteiger partial charge in [-0.05, 0) is 30.2 Å². The molecular formula is C17H24N2O2. The van der Waals surface area contributed by atoms with E-state index in [-0.39, 0.29) is 23.8 Å². The molecule has 2 amide bonds. The van der Waals surface area contributed by atoms with Crippen molar-refractivity contribution in [2.75, 3.05) is 20.1 Å². The Balaban J connectivity index is 1.85. The quantitative estimate of drug-likeness (QED) is 0.870. The third-order valence-corrected chi connectivity index (χ3v) is 4.42. The molecule has 1 aliphatic carbocycles. The van der Waals surface area contributed by atoms with Gasteiger partial charge in [0, 0.05) is 20.5 Å². The lowest BCUT2D eigenvalue weighted by Gasteiger charge is -2.42. The summed E-state index contributed by atoms with van der Waals surface area (Å²) in [6.07, 6.45) is 4.56. The number of hydrogen-bond acceptors (Lipinski definition) is 2. The van der Waals surface area contributed by atoms with E-state index in [1.807, 2.05) is 6.07 Å². The third-order valence-electron chi connectivity index (χ3n) is 4.42. The molecule has 4 nitrogen and oxygen atoms in total. The van der Waals surface area contributed by atoms with Crippen LogP contribution in [0.1, 0.15) is 31.7 Å². The van der Waals surface area contributed by atoms with Crippen LogP contribution in [0.25, 0.3) is 0 Å². The lowest BCUT2D eigenvalue weighted by atomic mass is 9.65. The van der Waals surface area contributed by atoms with Crippen LogP contribution in [0.4, 0.5) is 0 Å². The maximum Gasteiger partial charge on any atom is 0.239 e. The molecule has 21 heavy (non-hydrogen) atoms. The summed E-state index contributed by atoms with van der Waals surface area (Å²) in [5.41, 5.74) is 1.53. The van der Waals surface area contributed by atoms with E-state index in [4.69, 9.17) is 0 Å². The first-order valence-corrected chi connectivity index (χ1v) is 7.53. The molecule has 0 aliphatic heterocycles. The number of hydrogen-bond donors (Lipinski definition) is 1. The second-order valence-corrected chi connectivity index (χ2v) is 6.17. The van der Waals surface area contributed by atoms with Gasteiger partial charge in [-0.3, -0.25) is 9.59 Å². The van der Waals surface area contributed by atoms with Crippen LogP contribution in [0.5, 0.6) is 0 Å². The number of nitrogens with one attached hydrogen (secondary N) is 1. The van der Waals surface area contributed by atoms with Crippen molar-refractivity contribution in [2.24, 2.45) is 5.41 Å². The van der Waals surface area contributed by atoms with Crippen molar-refractivity contribution in [1.29, 1.82) is 0 Å². The number of benzene rings is 1. The molecule has 0 bridgehead atoms. The average molecular weight is 288 g/mol. The topological polar surface area (TPSA) is 49.4 Å². The molecule has 114 valence electrons. The number of likely N-dealkylation sites (N-methyl/N-ethyl adjacent to an activating group) is 1. The second-order valence-electron chi connectivity index (χ2n) is 6.17. The Morgan fingerprint density at radius 2 is 1.90 bits per heavy atom. The summed E-state index contributed by atoms with van der Waals surface area (Å²) in [5.74, 6) is -0.167. The average Bonchev–Trinajstić information content (AvgIpc) is 2.42. The van der Waals surface area contributed by atoms with Gasteiger partial charge >= 0.3 is 0 Å². The largest absolute Gasteiger partial charge is 0.354 e. The normalized spacial score (nSPS) is 15.9. The molecule has 1 aromatic carbocycles. The van der Waals surface area contributed by atoms with Crippen molar-refractivity contribution < 1.29 is 9.59 Å². The van der Waals surface area contributed by atoms with Gasteiger partial charge in [-0.2, -0.15) is 0 Å². The van der Waals surface area contributed by atoms with Gasteiger partial charge in [-0.15, -0.1) is 0 Å². The maximum absolute atomic E-state index is 11.9. The van der Waals surface area contributed by atoms with E-state index in [9.17, 15) is 9.59 Å². The first-order chi connectivity index (χ1) is 10.0. The molecule has 0 radical (unpaired) electrons. The highest BCUT2D eigenvalue weighted by atomic mass is 16.2. The first kappa shape index (κ1) is 15.5. The van der Waals surface area contributed by atoms with E-state index < -0.39 is 0 Å². The van der Waals surface area contributed by atoms with Crippen molar-refractivity contribution >= 4 is 11.8 Å². The van der Waals surface area contributed by atoms with Crippen molar-refractivity contribution in [1.82, 2.24) is 10.2 Å². The van der Waals surface area contributed by atoms with Crippen LogP contribution in [0, 0.1) is 5.41 Å². The number of nitrogens with zero attached hydrogens (tertiary/aromatic N) is 1. The summed E-state index contributed by atoms with van der Waals surface area (Å²) >= 11 is 0. The van der Waals surface area contributed by atoms with Crippen LogP contribution in [0.15, 0.2) is 30.3 Å². The molecule has 1 fully saturated rings. The van der Waals surface area contributed by atoms with E-state index in [2.05, 4.69) is 29.6 Å². The summed E-state index contributed by atoms with van der Waals surface area (Å²) in [6.45, 7) is 2.30. The molecule has 1 N–H and O–H groups in total. The number of rotatable bonds is 6. The smallest absolute Gasteiger partial charge is 0.239 e. The molecule has 0 aromatic heterocycles. The highest BCUT2D eigenvalue weighted by Crippen LogP contribution is 2.43. The zero-order valence-corrected chi connectivity index (χ0v) is 12.9. The molecule has 2 rings (SSSR count). The summed E-state index contributed by atoms with van der Waals surface area (Å²) in [5, 5.41) is 3.00. The van der Waals surface area contributed by atoms with Gasteiger partial charge in [0.05, 0.1) is 6.54 Å². The van der Waals surface area contributed by atoms with E-state index in [0.29, 0.717) is 6.54 Å². The fourth-order valence-corrected chi connectivity index (χ4v) is 2.79. The van der Waals surface area contributed by atoms with Gasteiger partial charge in [0.25, 0.3) is 0 Å². The van der Waals surface area contributed by atoms with Crippen molar-refractivity contribution in [3.05, 3.63) is 35.9 Å². The standard InChI is InChI=1S/C17H24N2O2/c1-14(20)19(2)12-16(21)18-13-17(9-6-10-17)11-15-7-4-3-5-8-15/h3-5,7-8H,6,9-13H2,1-2H3,(H,18,21). The first-order valence-electron chi connectivity index (χ1n) is 7.53. The van der Waals surface area contributed by atoms with Gasteiger partial charge < -0.3 is 10.2 Å². The molecule has 0 spiro atoms. The van der Waals surface area contributed by atoms with Crippen LogP contribution in [-0.2, 0) is 16.0 Å². The fraction of sp³-hybridized carbons (Fsp3) is 0.529. The molecule has 0 atom stereocenters. The lowest BCUT2D eigenvalue weighted by molar-refractivity contribution is -0.133. The molecule has 1 saturated carbocycles. The Morgan fingerprint density at radius 3 is 2.43 bits per heavy atom. The van der Waals surface area contributed by atoms with Crippen LogP contribution in [0.2, 0.25) is 0 Å². The minimum atomic E-state index is -0.0900. The summed E-state index contributed by atoms with van der Waals surface area (Å²) < 4.78 is 0. The number of carbonyl (C=O) groups is 2. The predicted molar refractivity (Wildman–Crippen MR) is 82.8 cm³/mol. The number of carbonyl (C=O) groups excluding carboxylic acids is 2. The molecule has 4 heteroatoms. The highest BCUT2D eigenvalue weighted by Gasteiger charge is 2.37. The Morgan fingerprint density at radius 1 is 1.24 bits per heavy atom. The Bertz CT molecular complexity index is 495. The summed E-state index contributed by atoms with van der Waals surface area (Å²) in [6, 6.07) is 10.4. The maximum atomic E-state index is 11.9. The SMILES string of the molecule is CC(=O)N(C)CC(=O)NCC1(Cc2ccccc2)CCC1. The van der Waals surface area contributed by atoms with E-state index in [1.165, 1.54) is 23.8 Å². The third kappa shape index (κ3) is 4.31. The van der Waals surface area contributed by atoms with Crippen LogP contribution in [-0.4, -0.2) is 36.9 Å². The van der Waals surface area contributed by atoms with E-state index >= 15 is 0 Å². The number of amides is 2. The minimum absolute atomic E-state index is 0.0768. The van der Waals surface area contributed by atoms with Crippen molar-refractivity contribution in [3.63, 3.8) is 0 Å². The zero-order chi connectivity index (χ0) is 15.3. The second kappa shape index (κ2) is 6.74. The summed E-state index contributed by atoms with van der Waals surface area (Å²) in [7, 11) is 1.64. The molecular weight excluding hydrogens is 264 g/mol. The molecule has 1 aliphatic rings. The van der Waals surface area contributed by atoms with Gasteiger partial charge in [0.1, 0.15) is 0 Å². The van der Waals surface area contributed by atoms with Gasteiger partial charge in [-0.1, -0.05) is 36.8 Å². The van der Waals surface area contributed by atoms with Crippen molar-refractivity contribution in [3.8, 4) is 0 Å². The van der Waals surface area contributed by atoms with Gasteiger partial charge in [0.2, 0.25) is 11.8 Å². The predicted octanol–water partition coefficient (Wildman–Crippen LogP) is 1.99. The molecule has 1 aromatic rings. The van der Waals surface area contributed by atoms with Crippen LogP contribution >= 0.6 is 0 Å². The lowest BCUT2D eigenvalue weighted by Crippen LogP contribution is -2.46. The van der Waals surface area contributed by atoms with E-state index in [1.54, 1.807) is 7.05 Å². The molecule has 0 saturated heterocycles. The van der Waals surface area contributed by atoms with E-state index in [0.717, 1.165) is 19.3 Å². The fourth-order valence-electron chi connectivity index (χ4n) is 2.79. The van der Waals surface area contributed by atoms with Gasteiger partial charge in [0.15, 0.2) is 0 Å². The van der Waals surface area contributed by atoms with Crippen LogP contribution in [0.3, 0.4) is 0 Å². The summed E-state index contributed by atoms with van der Waals surface area (Å²) in [4.78, 5) is 24.5. The van der Waals surface area contributed by atoms with Gasteiger partial charge in [-0.25, -0.2) is 0 Å². The Labute approximate surface area is 126 Å². The molecule has 0 heterocycles. The Hall–Kier alpha value is -1.84.